The van der Waals surface area contributed by atoms with Gasteiger partial charge in [0.25, 0.3) is 0 Å². The molecule has 0 atom stereocenters. The summed E-state index contributed by atoms with van der Waals surface area (Å²) in [5.74, 6) is 1.51. The fourth-order valence-corrected chi connectivity index (χ4v) is 2.77. The zero-order chi connectivity index (χ0) is 19.3. The van der Waals surface area contributed by atoms with Crippen LogP contribution in [0.3, 0.4) is 0 Å². The van der Waals surface area contributed by atoms with E-state index in [9.17, 15) is 0 Å². The molecule has 1 aromatic heterocycles. The summed E-state index contributed by atoms with van der Waals surface area (Å²) in [5, 5.41) is 9.59. The predicted octanol–water partition coefficient (Wildman–Crippen LogP) is 5.52. The van der Waals surface area contributed by atoms with Gasteiger partial charge >= 0.3 is 6.01 Å². The first kappa shape index (κ1) is 17.7. The fourth-order valence-electron chi connectivity index (χ4n) is 2.58. The minimum atomic E-state index is 0.176. The molecule has 0 fully saturated rings. The third-order valence-electron chi connectivity index (χ3n) is 3.92. The molecular weight excluding hydrogens is 372 g/mol. The van der Waals surface area contributed by atoms with Gasteiger partial charge in [-0.05, 0) is 48.5 Å². The average molecular weight is 385 g/mol. The van der Waals surface area contributed by atoms with Crippen molar-refractivity contribution < 1.29 is 4.74 Å². The Hall–Kier alpha value is -3.75. The van der Waals surface area contributed by atoms with Crippen LogP contribution in [0.25, 0.3) is 22.8 Å². The van der Waals surface area contributed by atoms with Gasteiger partial charge in [0.1, 0.15) is 5.75 Å². The lowest BCUT2D eigenvalue weighted by atomic mass is 10.1. The van der Waals surface area contributed by atoms with Crippen molar-refractivity contribution in [2.24, 2.45) is 0 Å². The minimum Gasteiger partial charge on any atom is -0.424 e. The third kappa shape index (κ3) is 3.98. The first-order chi connectivity index (χ1) is 13.7. The summed E-state index contributed by atoms with van der Waals surface area (Å²) in [5.41, 5.74) is 2.07. The smallest absolute Gasteiger partial charge is 0.326 e. The summed E-state index contributed by atoms with van der Waals surface area (Å²) in [4.78, 5) is 13.5. The van der Waals surface area contributed by atoms with E-state index in [2.05, 4.69) is 21.0 Å². The molecule has 0 aliphatic rings. The molecule has 0 bridgehead atoms. The highest BCUT2D eigenvalue weighted by Crippen LogP contribution is 2.26. The van der Waals surface area contributed by atoms with Gasteiger partial charge in [0, 0.05) is 16.1 Å². The molecular formula is C22H13ClN4O. The van der Waals surface area contributed by atoms with Crippen LogP contribution in [-0.2, 0) is 0 Å². The van der Waals surface area contributed by atoms with Crippen LogP contribution >= 0.6 is 11.6 Å². The minimum absolute atomic E-state index is 0.176. The fraction of sp³-hybridized carbons (Fsp3) is 0. The second-order valence-electron chi connectivity index (χ2n) is 5.88. The number of benzene rings is 3. The van der Waals surface area contributed by atoms with E-state index < -0.39 is 0 Å². The molecule has 1 heterocycles. The normalized spacial score (nSPS) is 10.3. The second-order valence-corrected chi connectivity index (χ2v) is 6.32. The molecule has 0 unspecified atom stereocenters. The van der Waals surface area contributed by atoms with Crippen molar-refractivity contribution in [3.05, 3.63) is 89.4 Å². The van der Waals surface area contributed by atoms with Crippen molar-refractivity contribution in [1.82, 2.24) is 15.0 Å². The SMILES string of the molecule is N#Cc1ccc(-c2nc(Oc3ccccc3)nc(-c3cccc(Cl)c3)n2)cc1. The number of hydrogen-bond donors (Lipinski definition) is 0. The van der Waals surface area contributed by atoms with Crippen LogP contribution in [0.15, 0.2) is 78.9 Å². The van der Waals surface area contributed by atoms with E-state index in [0.717, 1.165) is 11.1 Å². The van der Waals surface area contributed by atoms with Gasteiger partial charge in [0.15, 0.2) is 11.6 Å². The van der Waals surface area contributed by atoms with Crippen LogP contribution in [0.4, 0.5) is 0 Å². The van der Waals surface area contributed by atoms with Gasteiger partial charge in [-0.25, -0.2) is 4.98 Å². The topological polar surface area (TPSA) is 71.7 Å². The van der Waals surface area contributed by atoms with E-state index in [0.29, 0.717) is 28.0 Å². The molecule has 0 saturated carbocycles. The summed E-state index contributed by atoms with van der Waals surface area (Å²) in [6.45, 7) is 0. The van der Waals surface area contributed by atoms with Gasteiger partial charge in [0.05, 0.1) is 11.6 Å². The number of hydrogen-bond acceptors (Lipinski definition) is 5. The van der Waals surface area contributed by atoms with Gasteiger partial charge < -0.3 is 4.74 Å². The zero-order valence-electron chi connectivity index (χ0n) is 14.6. The standard InChI is InChI=1S/C22H13ClN4O/c23-18-6-4-5-17(13-18)21-25-20(16-11-9-15(14-24)10-12-16)26-22(27-21)28-19-7-2-1-3-8-19/h1-13H. The highest BCUT2D eigenvalue weighted by molar-refractivity contribution is 6.30. The maximum atomic E-state index is 9.00. The van der Waals surface area contributed by atoms with Gasteiger partial charge in [-0.3, -0.25) is 0 Å². The Balaban J connectivity index is 1.81. The van der Waals surface area contributed by atoms with Crippen molar-refractivity contribution in [3.8, 4) is 40.6 Å². The van der Waals surface area contributed by atoms with Crippen LogP contribution in [0, 0.1) is 11.3 Å². The van der Waals surface area contributed by atoms with Crippen molar-refractivity contribution >= 4 is 11.6 Å². The maximum Gasteiger partial charge on any atom is 0.326 e. The lowest BCUT2D eigenvalue weighted by molar-refractivity contribution is 0.441. The van der Waals surface area contributed by atoms with Gasteiger partial charge in [-0.1, -0.05) is 41.9 Å². The Morgan fingerprint density at radius 2 is 1.46 bits per heavy atom. The summed E-state index contributed by atoms with van der Waals surface area (Å²) in [6.07, 6.45) is 0. The largest absolute Gasteiger partial charge is 0.424 e. The Morgan fingerprint density at radius 3 is 2.14 bits per heavy atom. The molecule has 4 rings (SSSR count). The third-order valence-corrected chi connectivity index (χ3v) is 4.16. The van der Waals surface area contributed by atoms with Crippen molar-refractivity contribution in [2.45, 2.75) is 0 Å². The summed E-state index contributed by atoms with van der Waals surface area (Å²) in [6, 6.07) is 25.9. The molecule has 0 amide bonds. The summed E-state index contributed by atoms with van der Waals surface area (Å²) < 4.78 is 5.83. The van der Waals surface area contributed by atoms with E-state index in [1.54, 1.807) is 36.4 Å². The van der Waals surface area contributed by atoms with E-state index in [1.807, 2.05) is 42.5 Å². The molecule has 134 valence electrons. The van der Waals surface area contributed by atoms with Crippen LogP contribution in [0.1, 0.15) is 5.56 Å². The van der Waals surface area contributed by atoms with E-state index in [1.165, 1.54) is 0 Å². The zero-order valence-corrected chi connectivity index (χ0v) is 15.3. The quantitative estimate of drug-likeness (QED) is 0.463. The molecule has 0 N–H and O–H groups in total. The van der Waals surface area contributed by atoms with E-state index in [4.69, 9.17) is 21.6 Å². The van der Waals surface area contributed by atoms with Gasteiger partial charge in [-0.2, -0.15) is 15.2 Å². The number of rotatable bonds is 4. The lowest BCUT2D eigenvalue weighted by Gasteiger charge is -2.09. The number of para-hydroxylation sites is 1. The Labute approximate surface area is 166 Å². The van der Waals surface area contributed by atoms with Crippen molar-refractivity contribution in [3.63, 3.8) is 0 Å². The van der Waals surface area contributed by atoms with Crippen LogP contribution in [0.2, 0.25) is 5.02 Å². The number of ether oxygens (including phenoxy) is 1. The first-order valence-electron chi connectivity index (χ1n) is 8.47. The van der Waals surface area contributed by atoms with E-state index in [-0.39, 0.29) is 6.01 Å². The number of nitriles is 1. The molecule has 0 spiro atoms. The van der Waals surface area contributed by atoms with Crippen molar-refractivity contribution in [1.29, 1.82) is 5.26 Å². The molecule has 3 aromatic carbocycles. The second kappa shape index (κ2) is 7.87. The highest BCUT2D eigenvalue weighted by Gasteiger charge is 2.12. The first-order valence-corrected chi connectivity index (χ1v) is 8.84. The molecule has 6 heteroatoms. The van der Waals surface area contributed by atoms with Gasteiger partial charge in [-0.15, -0.1) is 0 Å². The van der Waals surface area contributed by atoms with Crippen molar-refractivity contribution in [2.75, 3.05) is 0 Å². The highest BCUT2D eigenvalue weighted by atomic mass is 35.5. The van der Waals surface area contributed by atoms with Crippen LogP contribution in [0.5, 0.6) is 11.8 Å². The predicted molar refractivity (Wildman–Crippen MR) is 107 cm³/mol. The monoisotopic (exact) mass is 384 g/mol. The van der Waals surface area contributed by atoms with Gasteiger partial charge in [0.2, 0.25) is 0 Å². The molecule has 0 aliphatic carbocycles. The van der Waals surface area contributed by atoms with Crippen LogP contribution in [-0.4, -0.2) is 15.0 Å². The Kier molecular flexibility index (Phi) is 4.96. The summed E-state index contributed by atoms with van der Waals surface area (Å²) in [7, 11) is 0. The molecule has 28 heavy (non-hydrogen) atoms. The number of halogens is 1. The Bertz CT molecular complexity index is 1160. The number of nitrogens with zero attached hydrogens (tertiary/aromatic N) is 4. The number of aromatic nitrogens is 3. The molecule has 0 radical (unpaired) electrons. The maximum absolute atomic E-state index is 9.00. The van der Waals surface area contributed by atoms with E-state index >= 15 is 0 Å². The van der Waals surface area contributed by atoms with Crippen LogP contribution < -0.4 is 4.74 Å². The molecule has 0 saturated heterocycles. The average Bonchev–Trinajstić information content (AvgIpc) is 2.74. The molecule has 4 aromatic rings. The Morgan fingerprint density at radius 1 is 0.750 bits per heavy atom. The summed E-state index contributed by atoms with van der Waals surface area (Å²) >= 11 is 6.12. The molecule has 5 nitrogen and oxygen atoms in total. The lowest BCUT2D eigenvalue weighted by Crippen LogP contribution is -2.00. The molecule has 0 aliphatic heterocycles.